The van der Waals surface area contributed by atoms with E-state index < -0.39 is 9.84 Å². The van der Waals surface area contributed by atoms with E-state index in [1.165, 1.54) is 32.4 Å². The van der Waals surface area contributed by atoms with E-state index in [1.807, 2.05) is 0 Å². The maximum absolute atomic E-state index is 11.6. The van der Waals surface area contributed by atoms with Gasteiger partial charge in [-0.05, 0) is 11.6 Å². The normalized spacial score (nSPS) is 10.6. The van der Waals surface area contributed by atoms with E-state index in [1.54, 1.807) is 0 Å². The summed E-state index contributed by atoms with van der Waals surface area (Å²) in [5.74, 6) is 0.678. The molecule has 0 aliphatic rings. The molecule has 98 valence electrons. The monoisotopic (exact) mass is 271 g/mol. The number of benzene rings is 1. The van der Waals surface area contributed by atoms with Crippen LogP contribution < -0.4 is 9.47 Å². The van der Waals surface area contributed by atoms with E-state index >= 15 is 0 Å². The van der Waals surface area contributed by atoms with Crippen LogP contribution in [0.4, 0.5) is 0 Å². The van der Waals surface area contributed by atoms with Crippen molar-refractivity contribution >= 4 is 15.9 Å². The minimum Gasteiger partial charge on any atom is -0.493 e. The van der Waals surface area contributed by atoms with Crippen molar-refractivity contribution in [3.63, 3.8) is 0 Å². The zero-order valence-corrected chi connectivity index (χ0v) is 11.1. The number of rotatable bonds is 5. The molecule has 0 saturated carbocycles. The molecule has 0 fully saturated rings. The molecule has 1 aromatic carbocycles. The van der Waals surface area contributed by atoms with E-state index in [2.05, 4.69) is 4.99 Å². The summed E-state index contributed by atoms with van der Waals surface area (Å²) < 4.78 is 33.4. The molecule has 0 bridgehead atoms. The highest BCUT2D eigenvalue weighted by molar-refractivity contribution is 7.90. The van der Waals surface area contributed by atoms with E-state index in [-0.39, 0.29) is 11.4 Å². The molecule has 0 atom stereocenters. The largest absolute Gasteiger partial charge is 0.493 e. The fourth-order valence-corrected chi connectivity index (χ4v) is 2.41. The molecule has 0 unspecified atom stereocenters. The first-order valence-corrected chi connectivity index (χ1v) is 6.81. The predicted molar refractivity (Wildman–Crippen MR) is 64.5 cm³/mol. The Morgan fingerprint density at radius 3 is 2.22 bits per heavy atom. The summed E-state index contributed by atoms with van der Waals surface area (Å²) in [5.41, 5.74) is 0.360. The average molecular weight is 271 g/mol. The fraction of sp³-hybridized carbons (Fsp3) is 0.364. The van der Waals surface area contributed by atoms with Gasteiger partial charge in [0.1, 0.15) is 0 Å². The zero-order chi connectivity index (χ0) is 13.8. The lowest BCUT2D eigenvalue weighted by Gasteiger charge is -2.12. The molecular formula is C11H13NO5S. The maximum atomic E-state index is 11.6. The minimum atomic E-state index is -3.45. The Bertz CT molecular complexity index is 588. The molecule has 6 nitrogen and oxygen atoms in total. The van der Waals surface area contributed by atoms with Crippen LogP contribution in [-0.4, -0.2) is 35.0 Å². The van der Waals surface area contributed by atoms with Gasteiger partial charge < -0.3 is 9.47 Å². The predicted octanol–water partition coefficient (Wildman–Crippen LogP) is 0.943. The van der Waals surface area contributed by atoms with Crippen LogP contribution in [-0.2, 0) is 21.2 Å². The molecule has 18 heavy (non-hydrogen) atoms. The Morgan fingerprint density at radius 2 is 1.78 bits per heavy atom. The number of ether oxygens (including phenoxy) is 2. The first kappa shape index (κ1) is 14.2. The van der Waals surface area contributed by atoms with Crippen LogP contribution in [0, 0.1) is 0 Å². The van der Waals surface area contributed by atoms with Gasteiger partial charge in [-0.15, -0.1) is 0 Å². The summed E-state index contributed by atoms with van der Waals surface area (Å²) in [6.45, 7) is -0.0771. The molecule has 0 aliphatic carbocycles. The van der Waals surface area contributed by atoms with Crippen molar-refractivity contribution < 1.29 is 22.7 Å². The third-order valence-electron chi connectivity index (χ3n) is 2.28. The van der Waals surface area contributed by atoms with E-state index in [0.717, 1.165) is 6.26 Å². The van der Waals surface area contributed by atoms with Crippen LogP contribution in [0.1, 0.15) is 5.56 Å². The number of methoxy groups -OCH3 is 2. The van der Waals surface area contributed by atoms with Crippen molar-refractivity contribution in [1.82, 2.24) is 0 Å². The number of carbonyl (C=O) groups excluding carboxylic acids is 1. The molecule has 0 spiro atoms. The van der Waals surface area contributed by atoms with Crippen LogP contribution in [0.3, 0.4) is 0 Å². The lowest BCUT2D eigenvalue weighted by molar-refractivity contribution is 0.353. The van der Waals surface area contributed by atoms with Crippen molar-refractivity contribution in [1.29, 1.82) is 0 Å². The molecule has 0 amide bonds. The van der Waals surface area contributed by atoms with E-state index in [0.29, 0.717) is 17.1 Å². The van der Waals surface area contributed by atoms with Crippen molar-refractivity contribution in [3.05, 3.63) is 17.7 Å². The molecule has 0 aliphatic heterocycles. The molecule has 1 aromatic rings. The molecule has 1 rings (SSSR count). The van der Waals surface area contributed by atoms with Crippen molar-refractivity contribution in [2.75, 3.05) is 20.5 Å². The summed E-state index contributed by atoms with van der Waals surface area (Å²) in [7, 11) is -0.602. The van der Waals surface area contributed by atoms with Gasteiger partial charge in [0, 0.05) is 12.3 Å². The van der Waals surface area contributed by atoms with Crippen LogP contribution >= 0.6 is 0 Å². The number of hydrogen-bond acceptors (Lipinski definition) is 6. The molecule has 7 heteroatoms. The fourth-order valence-electron chi connectivity index (χ4n) is 1.49. The summed E-state index contributed by atoms with van der Waals surface area (Å²) in [6, 6.07) is 2.83. The highest BCUT2D eigenvalue weighted by Crippen LogP contribution is 2.33. The molecule has 0 heterocycles. The SMILES string of the molecule is COc1cc(CN=C=O)c(S(C)(=O)=O)cc1OC. The summed E-state index contributed by atoms with van der Waals surface area (Å²) in [5, 5.41) is 0. The average Bonchev–Trinajstić information content (AvgIpc) is 2.33. The highest BCUT2D eigenvalue weighted by atomic mass is 32.2. The van der Waals surface area contributed by atoms with Gasteiger partial charge in [0.05, 0.1) is 25.7 Å². The second-order valence-corrected chi connectivity index (χ2v) is 5.48. The van der Waals surface area contributed by atoms with Gasteiger partial charge in [0.25, 0.3) is 0 Å². The molecule has 0 N–H and O–H groups in total. The summed E-state index contributed by atoms with van der Waals surface area (Å²) >= 11 is 0. The Kier molecular flexibility index (Phi) is 4.47. The van der Waals surface area contributed by atoms with Gasteiger partial charge in [-0.2, -0.15) is 0 Å². The first-order valence-electron chi connectivity index (χ1n) is 4.92. The topological polar surface area (TPSA) is 82.0 Å². The summed E-state index contributed by atoms with van der Waals surface area (Å²) in [4.78, 5) is 13.6. The van der Waals surface area contributed by atoms with Crippen LogP contribution in [0.15, 0.2) is 22.0 Å². The van der Waals surface area contributed by atoms with Crippen molar-refractivity contribution in [2.45, 2.75) is 11.4 Å². The zero-order valence-electron chi connectivity index (χ0n) is 10.3. The van der Waals surface area contributed by atoms with Gasteiger partial charge in [0.15, 0.2) is 21.3 Å². The lowest BCUT2D eigenvalue weighted by Crippen LogP contribution is -2.04. The van der Waals surface area contributed by atoms with Crippen LogP contribution in [0.25, 0.3) is 0 Å². The highest BCUT2D eigenvalue weighted by Gasteiger charge is 2.18. The molecule has 0 radical (unpaired) electrons. The minimum absolute atomic E-state index is 0.0548. The second kappa shape index (κ2) is 5.66. The van der Waals surface area contributed by atoms with Crippen molar-refractivity contribution in [3.8, 4) is 11.5 Å². The lowest BCUT2D eigenvalue weighted by atomic mass is 10.2. The second-order valence-electron chi connectivity index (χ2n) is 3.49. The Labute approximate surface area is 105 Å². The van der Waals surface area contributed by atoms with Gasteiger partial charge in [0.2, 0.25) is 6.08 Å². The third kappa shape index (κ3) is 3.09. The van der Waals surface area contributed by atoms with Gasteiger partial charge >= 0.3 is 0 Å². The maximum Gasteiger partial charge on any atom is 0.235 e. The molecule has 0 aromatic heterocycles. The van der Waals surface area contributed by atoms with Gasteiger partial charge in [-0.1, -0.05) is 0 Å². The van der Waals surface area contributed by atoms with E-state index in [4.69, 9.17) is 9.47 Å². The van der Waals surface area contributed by atoms with Gasteiger partial charge in [-0.3, -0.25) is 0 Å². The van der Waals surface area contributed by atoms with Crippen LogP contribution in [0.2, 0.25) is 0 Å². The quantitative estimate of drug-likeness (QED) is 0.588. The third-order valence-corrected chi connectivity index (χ3v) is 3.46. The molecular weight excluding hydrogens is 258 g/mol. The number of isocyanates is 1. The first-order chi connectivity index (χ1) is 8.43. The smallest absolute Gasteiger partial charge is 0.235 e. The number of aliphatic imine (C=N–C) groups is 1. The van der Waals surface area contributed by atoms with Gasteiger partial charge in [-0.25, -0.2) is 18.2 Å². The van der Waals surface area contributed by atoms with Crippen molar-refractivity contribution in [2.24, 2.45) is 4.99 Å². The standard InChI is InChI=1S/C11H13NO5S/c1-16-9-4-8(6-12-7-13)11(18(3,14)15)5-10(9)17-2/h4-5H,6H2,1-3H3. The molecule has 0 saturated heterocycles. The summed E-state index contributed by atoms with van der Waals surface area (Å²) in [6.07, 6.45) is 2.44. The number of hydrogen-bond donors (Lipinski definition) is 0. The number of nitrogens with zero attached hydrogens (tertiary/aromatic N) is 1. The number of sulfone groups is 1. The van der Waals surface area contributed by atoms with E-state index in [9.17, 15) is 13.2 Å². The Hall–Kier alpha value is -1.85. The Morgan fingerprint density at radius 1 is 1.22 bits per heavy atom. The van der Waals surface area contributed by atoms with Crippen LogP contribution in [0.5, 0.6) is 11.5 Å². The Balaban J connectivity index is 3.50.